The van der Waals surface area contributed by atoms with Crippen molar-refractivity contribution < 1.29 is 9.22 Å². The Balaban J connectivity index is 1.55. The molecule has 2 aliphatic rings. The first-order valence-electron chi connectivity index (χ1n) is 13.2. The normalized spacial score (nSPS) is 24.6. The van der Waals surface area contributed by atoms with E-state index in [1.165, 1.54) is 15.9 Å². The van der Waals surface area contributed by atoms with E-state index < -0.39 is 8.32 Å². The number of rotatable bonds is 6. The van der Waals surface area contributed by atoms with E-state index >= 15 is 0 Å². The van der Waals surface area contributed by atoms with Crippen molar-refractivity contribution in [1.82, 2.24) is 10.6 Å². The lowest BCUT2D eigenvalue weighted by atomic mass is 9.76. The molecule has 0 radical (unpaired) electrons. The lowest BCUT2D eigenvalue weighted by Gasteiger charge is -2.49. The molecule has 2 heterocycles. The maximum absolute atomic E-state index is 12.1. The third-order valence-electron chi connectivity index (χ3n) is 8.31. The van der Waals surface area contributed by atoms with Crippen molar-refractivity contribution in [3.63, 3.8) is 0 Å². The van der Waals surface area contributed by atoms with Crippen LogP contribution >= 0.6 is 0 Å². The summed E-state index contributed by atoms with van der Waals surface area (Å²) in [6, 6.07) is 32.4. The van der Waals surface area contributed by atoms with E-state index in [-0.39, 0.29) is 22.0 Å². The molecule has 0 aromatic heterocycles. The minimum atomic E-state index is -2.67. The Bertz CT molecular complexity index is 1130. The predicted molar refractivity (Wildman–Crippen MR) is 149 cm³/mol. The van der Waals surface area contributed by atoms with Crippen molar-refractivity contribution in [3.05, 3.63) is 96.6 Å². The van der Waals surface area contributed by atoms with Crippen LogP contribution < -0.4 is 21.0 Å². The minimum Gasteiger partial charge on any atom is -0.405 e. The van der Waals surface area contributed by atoms with Crippen LogP contribution in [-0.2, 0) is 14.8 Å². The highest BCUT2D eigenvalue weighted by atomic mass is 28.4. The molecule has 1 spiro atoms. The van der Waals surface area contributed by atoms with Gasteiger partial charge in [0, 0.05) is 13.0 Å². The smallest absolute Gasteiger partial charge is 0.261 e. The van der Waals surface area contributed by atoms with Crippen LogP contribution in [0.15, 0.2) is 91.0 Å². The van der Waals surface area contributed by atoms with Gasteiger partial charge in [0.25, 0.3) is 8.32 Å². The molecule has 3 aromatic rings. The van der Waals surface area contributed by atoms with Crippen molar-refractivity contribution in [3.8, 4) is 0 Å². The molecule has 2 aliphatic heterocycles. The third kappa shape index (κ3) is 4.45. The molecule has 0 unspecified atom stereocenters. The fourth-order valence-electron chi connectivity index (χ4n) is 6.26. The quantitative estimate of drug-likeness (QED) is 0.493. The van der Waals surface area contributed by atoms with Crippen molar-refractivity contribution in [2.24, 2.45) is 0 Å². The molecule has 188 valence electrons. The summed E-state index contributed by atoms with van der Waals surface area (Å²) in [6.45, 7) is 8.31. The van der Waals surface area contributed by atoms with Crippen LogP contribution in [0.1, 0.15) is 52.0 Å². The summed E-state index contributed by atoms with van der Waals surface area (Å²) in [5.41, 5.74) is 0.807. The molecule has 36 heavy (non-hydrogen) atoms. The standard InChI is InChI=1S/C31H38N2O2Si/c1-29(2,3)36(26-15-9-5-10-16-26,27-17-11-6-12-18-27)35-24-31(25-13-7-4-8-14-25)22-21-30(23-32-31)20-19-28(34)33-30/h4-18,32H,19-24H2,1-3H3,(H,33,34)/t30-,31-/m1/s1. The van der Waals surface area contributed by atoms with E-state index in [1.54, 1.807) is 0 Å². The van der Waals surface area contributed by atoms with Crippen molar-refractivity contribution in [2.45, 2.75) is 62.6 Å². The highest BCUT2D eigenvalue weighted by molar-refractivity contribution is 6.99. The second-order valence-electron chi connectivity index (χ2n) is 11.6. The summed E-state index contributed by atoms with van der Waals surface area (Å²) in [7, 11) is -2.67. The summed E-state index contributed by atoms with van der Waals surface area (Å²) in [5.74, 6) is 0.174. The van der Waals surface area contributed by atoms with Crippen LogP contribution in [0.4, 0.5) is 0 Å². The van der Waals surface area contributed by atoms with Gasteiger partial charge in [-0.25, -0.2) is 0 Å². The molecule has 0 bridgehead atoms. The van der Waals surface area contributed by atoms with Gasteiger partial charge in [-0.15, -0.1) is 0 Å². The predicted octanol–water partition coefficient (Wildman–Crippen LogP) is 4.49. The summed E-state index contributed by atoms with van der Waals surface area (Å²) < 4.78 is 7.42. The van der Waals surface area contributed by atoms with E-state index in [1.807, 2.05) is 0 Å². The largest absolute Gasteiger partial charge is 0.405 e. The van der Waals surface area contributed by atoms with Crippen molar-refractivity contribution in [2.75, 3.05) is 13.2 Å². The summed E-state index contributed by atoms with van der Waals surface area (Å²) >= 11 is 0. The van der Waals surface area contributed by atoms with E-state index in [0.29, 0.717) is 13.0 Å². The van der Waals surface area contributed by atoms with E-state index in [2.05, 4.69) is 122 Å². The number of hydrogen-bond donors (Lipinski definition) is 2. The first-order valence-corrected chi connectivity index (χ1v) is 15.1. The van der Waals surface area contributed by atoms with Gasteiger partial charge in [-0.1, -0.05) is 112 Å². The van der Waals surface area contributed by atoms with Gasteiger partial charge >= 0.3 is 0 Å². The fourth-order valence-corrected chi connectivity index (χ4v) is 10.9. The van der Waals surface area contributed by atoms with Gasteiger partial charge < -0.3 is 15.1 Å². The van der Waals surface area contributed by atoms with Crippen molar-refractivity contribution >= 4 is 24.6 Å². The van der Waals surface area contributed by atoms with E-state index in [4.69, 9.17) is 4.43 Å². The number of amides is 1. The molecule has 5 heteroatoms. The Labute approximate surface area is 216 Å². The van der Waals surface area contributed by atoms with Crippen LogP contribution in [0, 0.1) is 0 Å². The number of benzene rings is 3. The zero-order chi connectivity index (χ0) is 25.3. The van der Waals surface area contributed by atoms with Crippen LogP contribution in [0.2, 0.25) is 5.04 Å². The number of hydrogen-bond acceptors (Lipinski definition) is 3. The maximum atomic E-state index is 12.1. The molecule has 2 saturated heterocycles. The molecule has 2 atom stereocenters. The van der Waals surface area contributed by atoms with Crippen LogP contribution in [0.3, 0.4) is 0 Å². The lowest BCUT2D eigenvalue weighted by Crippen LogP contribution is -2.69. The molecular weight excluding hydrogens is 460 g/mol. The molecule has 2 fully saturated rings. The second kappa shape index (κ2) is 9.62. The Morgan fingerprint density at radius 1 is 0.806 bits per heavy atom. The molecule has 0 saturated carbocycles. The molecule has 1 amide bonds. The maximum Gasteiger partial charge on any atom is 0.261 e. The van der Waals surface area contributed by atoms with Gasteiger partial charge in [0.05, 0.1) is 17.7 Å². The summed E-state index contributed by atoms with van der Waals surface area (Å²) in [6.07, 6.45) is 3.39. The monoisotopic (exact) mass is 498 g/mol. The molecule has 4 nitrogen and oxygen atoms in total. The number of piperidine rings is 1. The van der Waals surface area contributed by atoms with Crippen molar-refractivity contribution in [1.29, 1.82) is 0 Å². The van der Waals surface area contributed by atoms with Gasteiger partial charge in [0.1, 0.15) is 0 Å². The Kier molecular flexibility index (Phi) is 6.66. The van der Waals surface area contributed by atoms with Gasteiger partial charge in [0.15, 0.2) is 0 Å². The number of nitrogens with one attached hydrogen (secondary N) is 2. The van der Waals surface area contributed by atoms with Crippen LogP contribution in [0.25, 0.3) is 0 Å². The van der Waals surface area contributed by atoms with Gasteiger partial charge in [-0.2, -0.15) is 0 Å². The number of carbonyl (C=O) groups excluding carboxylic acids is 1. The Hall–Kier alpha value is -2.73. The van der Waals surface area contributed by atoms with E-state index in [0.717, 1.165) is 25.8 Å². The minimum absolute atomic E-state index is 0.0805. The van der Waals surface area contributed by atoms with Crippen LogP contribution in [0.5, 0.6) is 0 Å². The second-order valence-corrected chi connectivity index (χ2v) is 15.9. The Morgan fingerprint density at radius 2 is 1.36 bits per heavy atom. The zero-order valence-corrected chi connectivity index (χ0v) is 22.7. The molecule has 3 aromatic carbocycles. The lowest BCUT2D eigenvalue weighted by molar-refractivity contribution is -0.120. The topological polar surface area (TPSA) is 50.4 Å². The van der Waals surface area contributed by atoms with Gasteiger partial charge in [-0.05, 0) is 40.2 Å². The molecule has 0 aliphatic carbocycles. The Morgan fingerprint density at radius 3 is 1.81 bits per heavy atom. The summed E-state index contributed by atoms with van der Waals surface area (Å²) in [5, 5.41) is 9.69. The first-order chi connectivity index (χ1) is 17.3. The molecule has 2 N–H and O–H groups in total. The highest BCUT2D eigenvalue weighted by Crippen LogP contribution is 2.41. The number of carbonyl (C=O) groups is 1. The fraction of sp³-hybridized carbons (Fsp3) is 0.387. The molecular formula is C31H38N2O2Si. The van der Waals surface area contributed by atoms with E-state index in [9.17, 15) is 4.79 Å². The average molecular weight is 499 g/mol. The van der Waals surface area contributed by atoms with Gasteiger partial charge in [-0.3, -0.25) is 4.79 Å². The third-order valence-corrected chi connectivity index (χ3v) is 13.3. The first kappa shape index (κ1) is 24.9. The van der Waals surface area contributed by atoms with Crippen LogP contribution in [-0.4, -0.2) is 32.9 Å². The average Bonchev–Trinajstić information content (AvgIpc) is 3.26. The SMILES string of the molecule is CC(C)(C)[Si](OC[C@@]1(c2ccccc2)CC[C@]2(CCC(=O)N2)CN1)(c1ccccc1)c1ccccc1. The highest BCUT2D eigenvalue weighted by Gasteiger charge is 2.53. The zero-order valence-electron chi connectivity index (χ0n) is 21.7. The summed E-state index contributed by atoms with van der Waals surface area (Å²) in [4.78, 5) is 12.1. The molecule has 5 rings (SSSR count). The van der Waals surface area contributed by atoms with Gasteiger partial charge in [0.2, 0.25) is 5.91 Å².